The van der Waals surface area contributed by atoms with Crippen LogP contribution >= 0.6 is 0 Å². The molecule has 5 rings (SSSR count). The zero-order chi connectivity index (χ0) is 21.2. The van der Waals surface area contributed by atoms with Crippen LogP contribution in [-0.2, 0) is 4.79 Å². The van der Waals surface area contributed by atoms with E-state index >= 15 is 0 Å². The second-order valence-electron chi connectivity index (χ2n) is 6.60. The molecule has 0 spiro atoms. The molecule has 3 heterocycles. The summed E-state index contributed by atoms with van der Waals surface area (Å²) in [5.74, 6) is 0.382. The van der Waals surface area contributed by atoms with Crippen molar-refractivity contribution >= 4 is 34.7 Å². The summed E-state index contributed by atoms with van der Waals surface area (Å²) in [5.41, 5.74) is 2.64. The Morgan fingerprint density at radius 1 is 1.03 bits per heavy atom. The van der Waals surface area contributed by atoms with E-state index in [1.807, 2.05) is 24.3 Å². The van der Waals surface area contributed by atoms with Crippen molar-refractivity contribution in [2.45, 2.75) is 0 Å². The Labute approximate surface area is 175 Å². The number of fused-ring (bicyclic) bond motifs is 1. The first-order valence-electron chi connectivity index (χ1n) is 9.27. The summed E-state index contributed by atoms with van der Waals surface area (Å²) in [5, 5.41) is 8.64. The van der Waals surface area contributed by atoms with E-state index in [0.717, 1.165) is 11.8 Å². The van der Waals surface area contributed by atoms with E-state index in [1.165, 1.54) is 6.26 Å². The normalized spacial score (nSPS) is 12.5. The molecule has 2 aromatic heterocycles. The second kappa shape index (κ2) is 7.75. The van der Waals surface area contributed by atoms with E-state index in [9.17, 15) is 9.18 Å². The number of anilines is 5. The third-order valence-electron chi connectivity index (χ3n) is 4.44. The molecule has 4 aromatic rings. The summed E-state index contributed by atoms with van der Waals surface area (Å²) in [4.78, 5) is 23.7. The number of halogens is 1. The van der Waals surface area contributed by atoms with E-state index in [2.05, 4.69) is 30.9 Å². The summed E-state index contributed by atoms with van der Waals surface area (Å²) >= 11 is 0. The standard InChI is InChI=1S/C21H15FN6O3/c22-15-10-24-21(26-13-3-1-12(2-4-13)20-23-7-8-30-20)28-19(15)25-14-5-6-16-17(9-14)31-11-18(29)27-16/h1-10H,11H2,(H,27,29)(H2,24,25,26,28). The van der Waals surface area contributed by atoms with E-state index in [4.69, 9.17) is 9.15 Å². The van der Waals surface area contributed by atoms with Gasteiger partial charge in [0.2, 0.25) is 11.8 Å². The summed E-state index contributed by atoms with van der Waals surface area (Å²) in [7, 11) is 0. The van der Waals surface area contributed by atoms with Gasteiger partial charge in [-0.25, -0.2) is 14.4 Å². The van der Waals surface area contributed by atoms with Gasteiger partial charge < -0.3 is 25.1 Å². The molecule has 0 radical (unpaired) electrons. The van der Waals surface area contributed by atoms with E-state index in [-0.39, 0.29) is 24.3 Å². The van der Waals surface area contributed by atoms with Gasteiger partial charge in [-0.2, -0.15) is 4.98 Å². The monoisotopic (exact) mass is 418 g/mol. The molecule has 9 nitrogen and oxygen atoms in total. The fraction of sp³-hybridized carbons (Fsp3) is 0.0476. The van der Waals surface area contributed by atoms with E-state index < -0.39 is 5.82 Å². The van der Waals surface area contributed by atoms with Crippen molar-refractivity contribution in [1.82, 2.24) is 15.0 Å². The molecule has 2 aromatic carbocycles. The largest absolute Gasteiger partial charge is 0.482 e. The first-order chi connectivity index (χ1) is 15.1. The predicted molar refractivity (Wildman–Crippen MR) is 111 cm³/mol. The Kier molecular flexibility index (Phi) is 4.64. The Balaban J connectivity index is 1.33. The maximum atomic E-state index is 14.3. The zero-order valence-corrected chi connectivity index (χ0v) is 15.9. The van der Waals surface area contributed by atoms with Crippen molar-refractivity contribution in [3.8, 4) is 17.2 Å². The number of hydrogen-bond acceptors (Lipinski definition) is 8. The highest BCUT2D eigenvalue weighted by atomic mass is 19.1. The molecule has 154 valence electrons. The van der Waals surface area contributed by atoms with Gasteiger partial charge in [0.15, 0.2) is 18.2 Å². The number of aromatic nitrogens is 3. The number of ether oxygens (including phenoxy) is 1. The maximum absolute atomic E-state index is 14.3. The maximum Gasteiger partial charge on any atom is 0.262 e. The summed E-state index contributed by atoms with van der Waals surface area (Å²) in [6, 6.07) is 12.3. The number of hydrogen-bond donors (Lipinski definition) is 3. The van der Waals surface area contributed by atoms with Crippen molar-refractivity contribution < 1.29 is 18.3 Å². The van der Waals surface area contributed by atoms with Crippen LogP contribution < -0.4 is 20.7 Å². The molecule has 0 saturated heterocycles. The number of carbonyl (C=O) groups excluding carboxylic acids is 1. The molecule has 0 fully saturated rings. The highest BCUT2D eigenvalue weighted by Gasteiger charge is 2.17. The number of rotatable bonds is 5. The van der Waals surface area contributed by atoms with E-state index in [1.54, 1.807) is 24.4 Å². The van der Waals surface area contributed by atoms with Gasteiger partial charge in [0.1, 0.15) is 12.0 Å². The van der Waals surface area contributed by atoms with Crippen LogP contribution in [0, 0.1) is 5.82 Å². The number of amides is 1. The van der Waals surface area contributed by atoms with Gasteiger partial charge in [-0.05, 0) is 36.4 Å². The first-order valence-corrected chi connectivity index (χ1v) is 9.27. The van der Waals surface area contributed by atoms with Crippen molar-refractivity contribution in [3.05, 3.63) is 66.9 Å². The van der Waals surface area contributed by atoms with Gasteiger partial charge in [-0.3, -0.25) is 4.79 Å². The van der Waals surface area contributed by atoms with Gasteiger partial charge in [-0.1, -0.05) is 0 Å². The number of benzene rings is 2. The minimum absolute atomic E-state index is 0.00583. The number of nitrogens with one attached hydrogen (secondary N) is 3. The van der Waals surface area contributed by atoms with Crippen molar-refractivity contribution in [2.24, 2.45) is 0 Å². The highest BCUT2D eigenvalue weighted by Crippen LogP contribution is 2.32. The summed E-state index contributed by atoms with van der Waals surface area (Å²) in [6.45, 7) is -0.0683. The molecule has 31 heavy (non-hydrogen) atoms. The molecule has 0 atom stereocenters. The summed E-state index contributed by atoms with van der Waals surface area (Å²) < 4.78 is 24.9. The fourth-order valence-electron chi connectivity index (χ4n) is 3.00. The fourth-order valence-corrected chi connectivity index (χ4v) is 3.00. The molecule has 1 amide bonds. The van der Waals surface area contributed by atoms with Crippen LogP contribution in [0.25, 0.3) is 11.5 Å². The van der Waals surface area contributed by atoms with Gasteiger partial charge in [-0.15, -0.1) is 0 Å². The molecule has 0 saturated carbocycles. The molecule has 1 aliphatic rings. The molecule has 10 heteroatoms. The SMILES string of the molecule is O=C1COc2cc(Nc3nc(Nc4ccc(-c5ncco5)cc4)ncc3F)ccc2N1. The molecule has 1 aliphatic heterocycles. The third kappa shape index (κ3) is 3.99. The van der Waals surface area contributed by atoms with Crippen LogP contribution in [0.1, 0.15) is 0 Å². The van der Waals surface area contributed by atoms with Gasteiger partial charge in [0.25, 0.3) is 5.91 Å². The number of oxazole rings is 1. The number of carbonyl (C=O) groups is 1. The Hall–Kier alpha value is -4.47. The van der Waals surface area contributed by atoms with Crippen molar-refractivity contribution in [3.63, 3.8) is 0 Å². The van der Waals surface area contributed by atoms with Crippen LogP contribution in [0.2, 0.25) is 0 Å². The van der Waals surface area contributed by atoms with Crippen molar-refractivity contribution in [2.75, 3.05) is 22.6 Å². The van der Waals surface area contributed by atoms with Crippen LogP contribution in [0.5, 0.6) is 5.75 Å². The average Bonchev–Trinajstić information content (AvgIpc) is 3.32. The van der Waals surface area contributed by atoms with Gasteiger partial charge in [0.05, 0.1) is 18.1 Å². The smallest absolute Gasteiger partial charge is 0.262 e. The lowest BCUT2D eigenvalue weighted by atomic mass is 10.2. The second-order valence-corrected chi connectivity index (χ2v) is 6.60. The lowest BCUT2D eigenvalue weighted by Gasteiger charge is -2.18. The molecule has 0 unspecified atom stereocenters. The molecule has 0 aliphatic carbocycles. The quantitative estimate of drug-likeness (QED) is 0.444. The average molecular weight is 418 g/mol. The highest BCUT2D eigenvalue weighted by molar-refractivity contribution is 5.95. The minimum Gasteiger partial charge on any atom is -0.482 e. The first kappa shape index (κ1) is 18.6. The molecule has 3 N–H and O–H groups in total. The minimum atomic E-state index is -0.614. The topological polar surface area (TPSA) is 114 Å². The predicted octanol–water partition coefficient (Wildman–Crippen LogP) is 4.09. The van der Waals surface area contributed by atoms with Crippen LogP contribution in [0.15, 0.2) is 65.5 Å². The van der Waals surface area contributed by atoms with E-state index in [0.29, 0.717) is 28.7 Å². The Morgan fingerprint density at radius 3 is 2.68 bits per heavy atom. The van der Waals surface area contributed by atoms with Crippen LogP contribution in [0.3, 0.4) is 0 Å². The summed E-state index contributed by atoms with van der Waals surface area (Å²) in [6.07, 6.45) is 4.16. The molecule has 0 bridgehead atoms. The van der Waals surface area contributed by atoms with Crippen LogP contribution in [0.4, 0.5) is 33.2 Å². The van der Waals surface area contributed by atoms with Crippen molar-refractivity contribution in [1.29, 1.82) is 0 Å². The Bertz CT molecular complexity index is 1240. The third-order valence-corrected chi connectivity index (χ3v) is 4.44. The number of nitrogens with zero attached hydrogens (tertiary/aromatic N) is 3. The Morgan fingerprint density at radius 2 is 1.87 bits per heavy atom. The zero-order valence-electron chi connectivity index (χ0n) is 15.9. The van der Waals surface area contributed by atoms with Crippen LogP contribution in [-0.4, -0.2) is 27.5 Å². The van der Waals surface area contributed by atoms with Gasteiger partial charge in [0, 0.05) is 23.0 Å². The lowest BCUT2D eigenvalue weighted by molar-refractivity contribution is -0.118. The lowest BCUT2D eigenvalue weighted by Crippen LogP contribution is -2.25. The molecular weight excluding hydrogens is 403 g/mol. The molecular formula is C21H15FN6O3. The van der Waals surface area contributed by atoms with Gasteiger partial charge >= 0.3 is 0 Å².